The zero-order valence-electron chi connectivity index (χ0n) is 19.7. The van der Waals surface area contributed by atoms with E-state index in [0.29, 0.717) is 0 Å². The Morgan fingerprint density at radius 2 is 1.50 bits per heavy atom. The molecule has 0 saturated carbocycles. The summed E-state index contributed by atoms with van der Waals surface area (Å²) in [5, 5.41) is 0. The van der Waals surface area contributed by atoms with Crippen molar-refractivity contribution in [2.75, 3.05) is 5.75 Å². The van der Waals surface area contributed by atoms with Gasteiger partial charge in [-0.2, -0.15) is 0 Å². The first-order valence-electron chi connectivity index (χ1n) is 12.1. The molecule has 0 aliphatic carbocycles. The summed E-state index contributed by atoms with van der Waals surface area (Å²) in [6.45, 7) is 9.29. The molecule has 1 atom stereocenters. The second-order valence-electron chi connectivity index (χ2n) is 9.17. The molecule has 2 nitrogen and oxygen atoms in total. The lowest BCUT2D eigenvalue weighted by molar-refractivity contribution is 0.451. The molecular formula is C27H42N2S. The SMILES string of the molecule is CCCCCCCc1cnc(-c2ccc(SCCC(C)CCCC(C)C)cc2)nc1. The van der Waals surface area contributed by atoms with Gasteiger partial charge in [0.1, 0.15) is 0 Å². The van der Waals surface area contributed by atoms with Crippen LogP contribution in [0.1, 0.15) is 91.0 Å². The molecule has 166 valence electrons. The van der Waals surface area contributed by atoms with Crippen molar-refractivity contribution in [2.45, 2.75) is 96.8 Å². The summed E-state index contributed by atoms with van der Waals surface area (Å²) < 4.78 is 0. The number of aryl methyl sites for hydroxylation is 1. The van der Waals surface area contributed by atoms with Crippen molar-refractivity contribution in [1.82, 2.24) is 9.97 Å². The molecule has 1 unspecified atom stereocenters. The third-order valence-electron chi connectivity index (χ3n) is 5.74. The Morgan fingerprint density at radius 1 is 0.800 bits per heavy atom. The van der Waals surface area contributed by atoms with Crippen LogP contribution in [0.4, 0.5) is 0 Å². The Bertz CT molecular complexity index is 679. The van der Waals surface area contributed by atoms with Gasteiger partial charge < -0.3 is 0 Å². The average molecular weight is 427 g/mol. The maximum atomic E-state index is 4.60. The molecule has 1 aromatic carbocycles. The summed E-state index contributed by atoms with van der Waals surface area (Å²) >= 11 is 1.97. The predicted octanol–water partition coefficient (Wildman–Crippen LogP) is 8.60. The van der Waals surface area contributed by atoms with E-state index in [1.54, 1.807) is 0 Å². The van der Waals surface area contributed by atoms with Crippen molar-refractivity contribution in [3.8, 4) is 11.4 Å². The molecule has 0 fully saturated rings. The van der Waals surface area contributed by atoms with E-state index in [-0.39, 0.29) is 0 Å². The van der Waals surface area contributed by atoms with Gasteiger partial charge in [-0.25, -0.2) is 9.97 Å². The standard InChI is InChI=1S/C27H42N2S/c1-5-6-7-8-9-13-24-20-28-27(29-21-24)25-14-16-26(17-15-25)30-19-18-23(4)12-10-11-22(2)3/h14-17,20-23H,5-13,18-19H2,1-4H3. The maximum absolute atomic E-state index is 4.60. The fourth-order valence-corrected chi connectivity index (χ4v) is 4.75. The van der Waals surface area contributed by atoms with E-state index < -0.39 is 0 Å². The number of aromatic nitrogens is 2. The molecule has 3 heteroatoms. The maximum Gasteiger partial charge on any atom is 0.159 e. The largest absolute Gasteiger partial charge is 0.236 e. The number of rotatable bonds is 15. The Morgan fingerprint density at radius 3 is 2.17 bits per heavy atom. The normalized spacial score (nSPS) is 12.4. The quantitative estimate of drug-likeness (QED) is 0.210. The van der Waals surface area contributed by atoms with Gasteiger partial charge in [0.25, 0.3) is 0 Å². The van der Waals surface area contributed by atoms with Gasteiger partial charge in [0.05, 0.1) is 0 Å². The first kappa shape index (κ1) is 24.9. The number of hydrogen-bond acceptors (Lipinski definition) is 3. The van der Waals surface area contributed by atoms with Gasteiger partial charge in [-0.15, -0.1) is 11.8 Å². The van der Waals surface area contributed by atoms with Gasteiger partial charge in [-0.3, -0.25) is 0 Å². The molecule has 0 bridgehead atoms. The van der Waals surface area contributed by atoms with Crippen molar-refractivity contribution >= 4 is 11.8 Å². The minimum Gasteiger partial charge on any atom is -0.236 e. The second-order valence-corrected chi connectivity index (χ2v) is 10.3. The van der Waals surface area contributed by atoms with Crippen molar-refractivity contribution in [3.63, 3.8) is 0 Å². The fraction of sp³-hybridized carbons (Fsp3) is 0.630. The Hall–Kier alpha value is -1.35. The first-order chi connectivity index (χ1) is 14.6. The highest BCUT2D eigenvalue weighted by Crippen LogP contribution is 2.25. The summed E-state index contributed by atoms with van der Waals surface area (Å²) in [6, 6.07) is 8.76. The molecule has 0 aliphatic rings. The van der Waals surface area contributed by atoms with Crippen LogP contribution in [0, 0.1) is 11.8 Å². The monoisotopic (exact) mass is 426 g/mol. The Kier molecular flexibility index (Phi) is 12.1. The third kappa shape index (κ3) is 10.1. The van der Waals surface area contributed by atoms with Gasteiger partial charge in [0.15, 0.2) is 5.82 Å². The zero-order chi connectivity index (χ0) is 21.6. The zero-order valence-corrected chi connectivity index (χ0v) is 20.5. The van der Waals surface area contributed by atoms with Crippen LogP contribution in [-0.4, -0.2) is 15.7 Å². The molecule has 1 heterocycles. The van der Waals surface area contributed by atoms with E-state index in [1.807, 2.05) is 24.2 Å². The summed E-state index contributed by atoms with van der Waals surface area (Å²) in [7, 11) is 0. The molecule has 1 aromatic heterocycles. The topological polar surface area (TPSA) is 25.8 Å². The minimum atomic E-state index is 0.828. The minimum absolute atomic E-state index is 0.828. The van der Waals surface area contributed by atoms with Crippen LogP contribution in [-0.2, 0) is 6.42 Å². The lowest BCUT2D eigenvalue weighted by Gasteiger charge is -2.12. The van der Waals surface area contributed by atoms with Gasteiger partial charge in [-0.05, 0) is 54.5 Å². The van der Waals surface area contributed by atoms with Gasteiger partial charge in [0.2, 0.25) is 0 Å². The van der Waals surface area contributed by atoms with Gasteiger partial charge >= 0.3 is 0 Å². The predicted molar refractivity (Wildman–Crippen MR) is 133 cm³/mol. The van der Waals surface area contributed by atoms with Crippen LogP contribution in [0.2, 0.25) is 0 Å². The van der Waals surface area contributed by atoms with E-state index in [4.69, 9.17) is 0 Å². The highest BCUT2D eigenvalue weighted by molar-refractivity contribution is 7.99. The molecule has 0 N–H and O–H groups in total. The Labute approximate surface area is 189 Å². The van der Waals surface area contributed by atoms with Crippen LogP contribution in [0.5, 0.6) is 0 Å². The van der Waals surface area contributed by atoms with Crippen LogP contribution >= 0.6 is 11.8 Å². The van der Waals surface area contributed by atoms with Crippen LogP contribution in [0.25, 0.3) is 11.4 Å². The molecule has 30 heavy (non-hydrogen) atoms. The number of thioether (sulfide) groups is 1. The van der Waals surface area contributed by atoms with E-state index in [0.717, 1.165) is 29.6 Å². The van der Waals surface area contributed by atoms with Crippen molar-refractivity contribution in [2.24, 2.45) is 11.8 Å². The fourth-order valence-electron chi connectivity index (χ4n) is 3.66. The number of benzene rings is 1. The van der Waals surface area contributed by atoms with Crippen LogP contribution < -0.4 is 0 Å². The first-order valence-corrected chi connectivity index (χ1v) is 13.1. The molecule has 0 saturated heterocycles. The molecule has 0 amide bonds. The molecule has 0 aliphatic heterocycles. The summed E-state index contributed by atoms with van der Waals surface area (Å²) in [5.74, 6) is 3.70. The molecule has 0 spiro atoms. The molecule has 2 rings (SSSR count). The lowest BCUT2D eigenvalue weighted by atomic mass is 9.98. The molecule has 2 aromatic rings. The molecule has 0 radical (unpaired) electrons. The highest BCUT2D eigenvalue weighted by Gasteiger charge is 2.06. The van der Waals surface area contributed by atoms with Crippen molar-refractivity contribution in [1.29, 1.82) is 0 Å². The van der Waals surface area contributed by atoms with Crippen molar-refractivity contribution in [3.05, 3.63) is 42.2 Å². The average Bonchev–Trinajstić information content (AvgIpc) is 2.74. The second kappa shape index (κ2) is 14.6. The summed E-state index contributed by atoms with van der Waals surface area (Å²) in [6.07, 6.45) is 17.0. The van der Waals surface area contributed by atoms with Crippen molar-refractivity contribution < 1.29 is 0 Å². The summed E-state index contributed by atoms with van der Waals surface area (Å²) in [4.78, 5) is 10.5. The number of nitrogens with zero attached hydrogens (tertiary/aromatic N) is 2. The van der Waals surface area contributed by atoms with E-state index in [9.17, 15) is 0 Å². The number of unbranched alkanes of at least 4 members (excludes halogenated alkanes) is 4. The van der Waals surface area contributed by atoms with E-state index >= 15 is 0 Å². The third-order valence-corrected chi connectivity index (χ3v) is 6.79. The molecular weight excluding hydrogens is 384 g/mol. The van der Waals surface area contributed by atoms with Gasteiger partial charge in [0, 0.05) is 22.9 Å². The van der Waals surface area contributed by atoms with E-state index in [2.05, 4.69) is 61.9 Å². The van der Waals surface area contributed by atoms with Crippen LogP contribution in [0.15, 0.2) is 41.6 Å². The summed E-state index contributed by atoms with van der Waals surface area (Å²) in [5.41, 5.74) is 2.36. The van der Waals surface area contributed by atoms with E-state index in [1.165, 1.54) is 74.0 Å². The highest BCUT2D eigenvalue weighted by atomic mass is 32.2. The lowest BCUT2D eigenvalue weighted by Crippen LogP contribution is -1.98. The van der Waals surface area contributed by atoms with Gasteiger partial charge in [-0.1, -0.05) is 84.8 Å². The number of hydrogen-bond donors (Lipinski definition) is 0. The van der Waals surface area contributed by atoms with Crippen LogP contribution in [0.3, 0.4) is 0 Å². The smallest absolute Gasteiger partial charge is 0.159 e. The Balaban J connectivity index is 1.72.